The summed E-state index contributed by atoms with van der Waals surface area (Å²) in [4.78, 5) is 15.1. The lowest BCUT2D eigenvalue weighted by Gasteiger charge is -2.13. The second kappa shape index (κ2) is 3.15. The van der Waals surface area contributed by atoms with Gasteiger partial charge in [-0.1, -0.05) is 0 Å². The molecule has 0 aromatic carbocycles. The molecule has 1 aliphatic heterocycles. The summed E-state index contributed by atoms with van der Waals surface area (Å²) in [5.74, 6) is 5.38. The van der Waals surface area contributed by atoms with E-state index in [1.165, 1.54) is 0 Å². The Morgan fingerprint density at radius 2 is 2.62 bits per heavy atom. The molecular formula is C7H10N4O2. The zero-order valence-electron chi connectivity index (χ0n) is 6.99. The molecule has 0 spiro atoms. The van der Waals surface area contributed by atoms with Crippen molar-refractivity contribution in [1.82, 2.24) is 15.0 Å². The number of imidazole rings is 1. The van der Waals surface area contributed by atoms with Gasteiger partial charge in [-0.3, -0.25) is 10.2 Å². The molecule has 1 aromatic rings. The first kappa shape index (κ1) is 8.21. The molecule has 1 aliphatic rings. The van der Waals surface area contributed by atoms with Crippen molar-refractivity contribution in [3.05, 3.63) is 17.7 Å². The molecule has 0 atom stereocenters. The van der Waals surface area contributed by atoms with Gasteiger partial charge in [-0.05, 0) is 0 Å². The summed E-state index contributed by atoms with van der Waals surface area (Å²) in [5.41, 5.74) is 2.37. The molecule has 1 aromatic heterocycles. The number of nitrogens with zero attached hydrogens (tertiary/aromatic N) is 2. The van der Waals surface area contributed by atoms with Crippen molar-refractivity contribution < 1.29 is 9.53 Å². The van der Waals surface area contributed by atoms with Crippen LogP contribution in [0.4, 0.5) is 0 Å². The third-order valence-corrected chi connectivity index (χ3v) is 1.93. The fourth-order valence-corrected chi connectivity index (χ4v) is 1.27. The molecule has 70 valence electrons. The summed E-state index contributed by atoms with van der Waals surface area (Å²) in [6.07, 6.45) is 1.68. The molecule has 0 saturated carbocycles. The van der Waals surface area contributed by atoms with Gasteiger partial charge in [-0.25, -0.2) is 10.8 Å². The number of hydrogen-bond acceptors (Lipinski definition) is 4. The quantitative estimate of drug-likeness (QED) is 0.332. The highest BCUT2D eigenvalue weighted by Crippen LogP contribution is 2.09. The lowest BCUT2D eigenvalue weighted by atomic mass is 10.4. The average Bonchev–Trinajstić information content (AvgIpc) is 2.59. The van der Waals surface area contributed by atoms with Crippen molar-refractivity contribution in [2.24, 2.45) is 5.84 Å². The zero-order valence-corrected chi connectivity index (χ0v) is 6.99. The van der Waals surface area contributed by atoms with Gasteiger partial charge in [0.2, 0.25) is 0 Å². The molecule has 0 radical (unpaired) electrons. The van der Waals surface area contributed by atoms with Gasteiger partial charge < -0.3 is 9.30 Å². The van der Waals surface area contributed by atoms with Crippen LogP contribution < -0.4 is 11.3 Å². The number of nitrogen functional groups attached to an aromatic ring is 1. The molecule has 0 aliphatic carbocycles. The van der Waals surface area contributed by atoms with E-state index in [1.54, 1.807) is 6.20 Å². The normalized spacial score (nSPS) is 15.2. The highest BCUT2D eigenvalue weighted by molar-refractivity contribution is 5.91. The van der Waals surface area contributed by atoms with E-state index in [2.05, 4.69) is 4.98 Å². The number of rotatable bonds is 1. The van der Waals surface area contributed by atoms with Gasteiger partial charge in [0.05, 0.1) is 6.61 Å². The number of amides is 1. The Morgan fingerprint density at radius 3 is 3.31 bits per heavy atom. The summed E-state index contributed by atoms with van der Waals surface area (Å²) in [6.45, 7) is 1.85. The monoisotopic (exact) mass is 182 g/mol. The first-order chi connectivity index (χ1) is 6.31. The van der Waals surface area contributed by atoms with Gasteiger partial charge in [-0.2, -0.15) is 0 Å². The number of hydrazine groups is 1. The first-order valence-corrected chi connectivity index (χ1v) is 3.96. The van der Waals surface area contributed by atoms with E-state index in [0.717, 1.165) is 12.4 Å². The van der Waals surface area contributed by atoms with Crippen LogP contribution in [0, 0.1) is 0 Å². The molecule has 2 rings (SSSR count). The number of nitrogens with one attached hydrogen (secondary N) is 1. The van der Waals surface area contributed by atoms with E-state index in [1.807, 2.05) is 9.99 Å². The number of aromatic nitrogens is 2. The van der Waals surface area contributed by atoms with E-state index >= 15 is 0 Å². The first-order valence-electron chi connectivity index (χ1n) is 3.96. The van der Waals surface area contributed by atoms with Gasteiger partial charge in [-0.15, -0.1) is 0 Å². The van der Waals surface area contributed by atoms with Crippen LogP contribution in [-0.4, -0.2) is 22.1 Å². The molecule has 0 unspecified atom stereocenters. The predicted molar refractivity (Wildman–Crippen MR) is 43.5 cm³/mol. The van der Waals surface area contributed by atoms with E-state index in [4.69, 9.17) is 10.6 Å². The minimum absolute atomic E-state index is 0.336. The third kappa shape index (κ3) is 1.41. The van der Waals surface area contributed by atoms with Crippen LogP contribution in [0.1, 0.15) is 16.3 Å². The van der Waals surface area contributed by atoms with Crippen LogP contribution in [0.2, 0.25) is 0 Å². The van der Waals surface area contributed by atoms with Crippen molar-refractivity contribution in [2.75, 3.05) is 6.61 Å². The highest BCUT2D eigenvalue weighted by atomic mass is 16.5. The standard InChI is InChI=1S/C7H10N4O2/c8-10-7(12)5-3-11-1-2-13-4-6(11)9-5/h3H,1-2,4,8H2,(H,10,12). The molecule has 0 saturated heterocycles. The number of hydrogen-bond donors (Lipinski definition) is 2. The zero-order chi connectivity index (χ0) is 9.26. The smallest absolute Gasteiger partial charge is 0.285 e. The maximum atomic E-state index is 11.1. The SMILES string of the molecule is NNC(=O)c1cn2c(n1)COCC2. The molecule has 0 bridgehead atoms. The predicted octanol–water partition coefficient (Wildman–Crippen LogP) is -0.983. The summed E-state index contributed by atoms with van der Waals surface area (Å²) in [6, 6.07) is 0. The van der Waals surface area contributed by atoms with Crippen molar-refractivity contribution >= 4 is 5.91 Å². The Labute approximate surface area is 74.7 Å². The average molecular weight is 182 g/mol. The van der Waals surface area contributed by atoms with Crippen molar-refractivity contribution in [1.29, 1.82) is 0 Å². The van der Waals surface area contributed by atoms with Gasteiger partial charge in [0.15, 0.2) is 0 Å². The number of ether oxygens (including phenoxy) is 1. The Morgan fingerprint density at radius 1 is 1.77 bits per heavy atom. The van der Waals surface area contributed by atoms with E-state index in [9.17, 15) is 4.79 Å². The van der Waals surface area contributed by atoms with Crippen LogP contribution in [0.25, 0.3) is 0 Å². The fourth-order valence-electron chi connectivity index (χ4n) is 1.27. The Kier molecular flexibility index (Phi) is 1.99. The molecule has 6 nitrogen and oxygen atoms in total. The molecule has 6 heteroatoms. The Bertz CT molecular complexity index is 310. The molecule has 13 heavy (non-hydrogen) atoms. The van der Waals surface area contributed by atoms with Gasteiger partial charge >= 0.3 is 0 Å². The van der Waals surface area contributed by atoms with Gasteiger partial charge in [0, 0.05) is 12.7 Å². The minimum Gasteiger partial charge on any atom is -0.372 e. The summed E-state index contributed by atoms with van der Waals surface area (Å²) >= 11 is 0. The third-order valence-electron chi connectivity index (χ3n) is 1.93. The van der Waals surface area contributed by atoms with Crippen LogP contribution in [0.3, 0.4) is 0 Å². The van der Waals surface area contributed by atoms with Crippen LogP contribution in [-0.2, 0) is 17.9 Å². The maximum Gasteiger partial charge on any atom is 0.285 e. The topological polar surface area (TPSA) is 82.2 Å². The molecule has 0 fully saturated rings. The molecule has 1 amide bonds. The number of fused-ring (bicyclic) bond motifs is 1. The van der Waals surface area contributed by atoms with E-state index in [-0.39, 0.29) is 5.91 Å². The van der Waals surface area contributed by atoms with Crippen LogP contribution >= 0.6 is 0 Å². The largest absolute Gasteiger partial charge is 0.372 e. The summed E-state index contributed by atoms with van der Waals surface area (Å²) in [7, 11) is 0. The summed E-state index contributed by atoms with van der Waals surface area (Å²) in [5, 5.41) is 0. The van der Waals surface area contributed by atoms with E-state index < -0.39 is 0 Å². The minimum atomic E-state index is -0.373. The van der Waals surface area contributed by atoms with Crippen LogP contribution in [0.5, 0.6) is 0 Å². The Hall–Kier alpha value is -1.40. The second-order valence-corrected chi connectivity index (χ2v) is 2.76. The summed E-state index contributed by atoms with van der Waals surface area (Å²) < 4.78 is 7.07. The van der Waals surface area contributed by atoms with Crippen molar-refractivity contribution in [3.63, 3.8) is 0 Å². The highest BCUT2D eigenvalue weighted by Gasteiger charge is 2.15. The fraction of sp³-hybridized carbons (Fsp3) is 0.429. The van der Waals surface area contributed by atoms with Crippen molar-refractivity contribution in [2.45, 2.75) is 13.2 Å². The lowest BCUT2D eigenvalue weighted by Crippen LogP contribution is -2.30. The molecule has 3 N–H and O–H groups in total. The van der Waals surface area contributed by atoms with Crippen LogP contribution in [0.15, 0.2) is 6.20 Å². The second-order valence-electron chi connectivity index (χ2n) is 2.76. The van der Waals surface area contributed by atoms with Gasteiger partial charge in [0.25, 0.3) is 5.91 Å². The van der Waals surface area contributed by atoms with Gasteiger partial charge in [0.1, 0.15) is 18.1 Å². The number of nitrogens with two attached hydrogens (primary N) is 1. The maximum absolute atomic E-state index is 11.1. The van der Waals surface area contributed by atoms with Crippen molar-refractivity contribution in [3.8, 4) is 0 Å². The molecule has 2 heterocycles. The Balaban J connectivity index is 2.30. The molecular weight excluding hydrogens is 172 g/mol. The van der Waals surface area contributed by atoms with E-state index in [0.29, 0.717) is 18.9 Å². The number of carbonyl (C=O) groups excluding carboxylic acids is 1. The number of carbonyl (C=O) groups is 1. The lowest BCUT2D eigenvalue weighted by molar-refractivity contribution is 0.0816.